The molecule has 1 atom stereocenters. The van der Waals surface area contributed by atoms with Crippen molar-refractivity contribution in [1.82, 2.24) is 0 Å². The summed E-state index contributed by atoms with van der Waals surface area (Å²) in [4.78, 5) is 26.6. The first-order chi connectivity index (χ1) is 12.9. The van der Waals surface area contributed by atoms with Crippen LogP contribution in [0.1, 0.15) is 17.3 Å². The Labute approximate surface area is 158 Å². The van der Waals surface area contributed by atoms with Gasteiger partial charge >= 0.3 is 5.97 Å². The number of benzene rings is 3. The number of anilines is 2. The number of ether oxygens (including phenoxy) is 1. The van der Waals surface area contributed by atoms with Crippen LogP contribution in [0.15, 0.2) is 66.7 Å². The molecule has 0 fully saturated rings. The Morgan fingerprint density at radius 2 is 1.67 bits per heavy atom. The van der Waals surface area contributed by atoms with Crippen molar-refractivity contribution in [3.63, 3.8) is 0 Å². The van der Waals surface area contributed by atoms with E-state index in [1.165, 1.54) is 0 Å². The lowest BCUT2D eigenvalue weighted by molar-refractivity contribution is -0.123. The quantitative estimate of drug-likeness (QED) is 0.695. The molecule has 0 aliphatic rings. The molecule has 138 valence electrons. The van der Waals surface area contributed by atoms with Gasteiger partial charge in [-0.2, -0.15) is 0 Å². The second-order valence-electron chi connectivity index (χ2n) is 6.54. The van der Waals surface area contributed by atoms with E-state index in [-0.39, 0.29) is 5.91 Å². The molecule has 0 aliphatic carbocycles. The highest BCUT2D eigenvalue weighted by molar-refractivity contribution is 5.99. The number of fused-ring (bicyclic) bond motifs is 1. The summed E-state index contributed by atoms with van der Waals surface area (Å²) in [6.07, 6.45) is -0.910. The minimum Gasteiger partial charge on any atom is -0.449 e. The third-order valence-corrected chi connectivity index (χ3v) is 4.27. The number of hydrogen-bond donors (Lipinski definition) is 1. The van der Waals surface area contributed by atoms with Gasteiger partial charge in [-0.1, -0.05) is 36.4 Å². The number of nitrogens with one attached hydrogen (secondary N) is 1. The van der Waals surface area contributed by atoms with Gasteiger partial charge in [0.2, 0.25) is 0 Å². The monoisotopic (exact) mass is 362 g/mol. The van der Waals surface area contributed by atoms with Gasteiger partial charge in [-0.15, -0.1) is 0 Å². The fourth-order valence-corrected chi connectivity index (χ4v) is 2.70. The van der Waals surface area contributed by atoms with Gasteiger partial charge in [0.15, 0.2) is 6.10 Å². The predicted octanol–water partition coefficient (Wildman–Crippen LogP) is 4.09. The zero-order chi connectivity index (χ0) is 19.4. The van der Waals surface area contributed by atoms with Gasteiger partial charge in [0.1, 0.15) is 0 Å². The van der Waals surface area contributed by atoms with Gasteiger partial charge in [0.25, 0.3) is 5.91 Å². The lowest BCUT2D eigenvalue weighted by Crippen LogP contribution is -2.30. The summed E-state index contributed by atoms with van der Waals surface area (Å²) in [5.41, 5.74) is 1.96. The molecule has 3 rings (SSSR count). The number of nitrogens with zero attached hydrogens (tertiary/aromatic N) is 1. The molecule has 3 aromatic rings. The molecule has 0 radical (unpaired) electrons. The SMILES string of the molecule is C[C@@H](OC(=O)c1cccc(N(C)C)c1)C(=O)Nc1ccc2ccccc2c1. The lowest BCUT2D eigenvalue weighted by Gasteiger charge is -2.16. The minimum atomic E-state index is -0.910. The van der Waals surface area contributed by atoms with Crippen LogP contribution in [0.2, 0.25) is 0 Å². The van der Waals surface area contributed by atoms with E-state index >= 15 is 0 Å². The van der Waals surface area contributed by atoms with Crippen LogP contribution in [0.5, 0.6) is 0 Å². The highest BCUT2D eigenvalue weighted by atomic mass is 16.5. The number of hydrogen-bond acceptors (Lipinski definition) is 4. The third-order valence-electron chi connectivity index (χ3n) is 4.27. The van der Waals surface area contributed by atoms with Crippen LogP contribution in [0.25, 0.3) is 10.8 Å². The maximum Gasteiger partial charge on any atom is 0.338 e. The molecule has 1 N–H and O–H groups in total. The molecule has 0 aromatic heterocycles. The zero-order valence-electron chi connectivity index (χ0n) is 15.6. The fraction of sp³-hybridized carbons (Fsp3) is 0.182. The highest BCUT2D eigenvalue weighted by Crippen LogP contribution is 2.19. The molecule has 0 unspecified atom stereocenters. The van der Waals surface area contributed by atoms with Crippen molar-refractivity contribution >= 4 is 34.0 Å². The first-order valence-electron chi connectivity index (χ1n) is 8.72. The maximum atomic E-state index is 12.4. The standard InChI is InChI=1S/C22H22N2O3/c1-15(27-22(26)18-9-6-10-20(14-18)24(2)3)21(25)23-19-12-11-16-7-4-5-8-17(16)13-19/h4-15H,1-3H3,(H,23,25)/t15-/m1/s1. The summed E-state index contributed by atoms with van der Waals surface area (Å²) in [5.74, 6) is -0.901. The summed E-state index contributed by atoms with van der Waals surface area (Å²) < 4.78 is 5.32. The van der Waals surface area contributed by atoms with Crippen molar-refractivity contribution in [2.45, 2.75) is 13.0 Å². The van der Waals surface area contributed by atoms with E-state index in [0.717, 1.165) is 16.5 Å². The van der Waals surface area contributed by atoms with Crippen LogP contribution in [0, 0.1) is 0 Å². The molecule has 5 heteroatoms. The molecular formula is C22H22N2O3. The van der Waals surface area contributed by atoms with Crippen molar-refractivity contribution in [2.75, 3.05) is 24.3 Å². The molecule has 0 spiro atoms. The Hall–Kier alpha value is -3.34. The Bertz CT molecular complexity index is 982. The van der Waals surface area contributed by atoms with Gasteiger partial charge in [-0.3, -0.25) is 4.79 Å². The van der Waals surface area contributed by atoms with Crippen LogP contribution in [0.3, 0.4) is 0 Å². The summed E-state index contributed by atoms with van der Waals surface area (Å²) in [7, 11) is 3.79. The first kappa shape index (κ1) is 18.5. The Kier molecular flexibility index (Phi) is 5.41. The Balaban J connectivity index is 1.66. The van der Waals surface area contributed by atoms with Crippen molar-refractivity contribution in [1.29, 1.82) is 0 Å². The molecule has 0 saturated carbocycles. The number of carbonyl (C=O) groups is 2. The van der Waals surface area contributed by atoms with Crippen LogP contribution in [-0.2, 0) is 9.53 Å². The van der Waals surface area contributed by atoms with Gasteiger partial charge in [-0.05, 0) is 48.0 Å². The van der Waals surface area contributed by atoms with Crippen LogP contribution in [-0.4, -0.2) is 32.1 Å². The average molecular weight is 362 g/mol. The Morgan fingerprint density at radius 3 is 2.41 bits per heavy atom. The van der Waals surface area contributed by atoms with Gasteiger partial charge in [0.05, 0.1) is 5.56 Å². The van der Waals surface area contributed by atoms with E-state index in [1.807, 2.05) is 67.5 Å². The smallest absolute Gasteiger partial charge is 0.338 e. The molecule has 0 aliphatic heterocycles. The van der Waals surface area contributed by atoms with E-state index in [0.29, 0.717) is 11.3 Å². The third kappa shape index (κ3) is 4.44. The minimum absolute atomic E-state index is 0.373. The average Bonchev–Trinajstić information content (AvgIpc) is 2.67. The molecule has 0 bridgehead atoms. The molecule has 0 heterocycles. The number of rotatable bonds is 5. The summed E-state index contributed by atoms with van der Waals surface area (Å²) in [6, 6.07) is 20.6. The predicted molar refractivity (Wildman–Crippen MR) is 108 cm³/mol. The van der Waals surface area contributed by atoms with Crippen LogP contribution in [0.4, 0.5) is 11.4 Å². The molecule has 1 amide bonds. The lowest BCUT2D eigenvalue weighted by atomic mass is 10.1. The van der Waals surface area contributed by atoms with Crippen molar-refractivity contribution in [3.05, 3.63) is 72.3 Å². The van der Waals surface area contributed by atoms with Crippen molar-refractivity contribution in [3.8, 4) is 0 Å². The summed E-state index contributed by atoms with van der Waals surface area (Å²) >= 11 is 0. The second kappa shape index (κ2) is 7.91. The fourth-order valence-electron chi connectivity index (χ4n) is 2.70. The summed E-state index contributed by atoms with van der Waals surface area (Å²) in [6.45, 7) is 1.56. The van der Waals surface area contributed by atoms with E-state index in [4.69, 9.17) is 4.74 Å². The normalized spacial score (nSPS) is 11.7. The number of carbonyl (C=O) groups excluding carboxylic acids is 2. The highest BCUT2D eigenvalue weighted by Gasteiger charge is 2.19. The van der Waals surface area contributed by atoms with E-state index in [2.05, 4.69) is 5.32 Å². The molecular weight excluding hydrogens is 340 g/mol. The molecule has 27 heavy (non-hydrogen) atoms. The van der Waals surface area contributed by atoms with Gasteiger partial charge in [0, 0.05) is 25.5 Å². The number of amides is 1. The van der Waals surface area contributed by atoms with E-state index < -0.39 is 12.1 Å². The second-order valence-corrected chi connectivity index (χ2v) is 6.54. The molecule has 3 aromatic carbocycles. The largest absolute Gasteiger partial charge is 0.449 e. The number of esters is 1. The zero-order valence-corrected chi connectivity index (χ0v) is 15.6. The van der Waals surface area contributed by atoms with Crippen LogP contribution < -0.4 is 10.2 Å². The first-order valence-corrected chi connectivity index (χ1v) is 8.72. The maximum absolute atomic E-state index is 12.4. The molecule has 0 saturated heterocycles. The van der Waals surface area contributed by atoms with Crippen molar-refractivity contribution < 1.29 is 14.3 Å². The van der Waals surface area contributed by atoms with Crippen molar-refractivity contribution in [2.24, 2.45) is 0 Å². The van der Waals surface area contributed by atoms with E-state index in [1.54, 1.807) is 25.1 Å². The summed E-state index contributed by atoms with van der Waals surface area (Å²) in [5, 5.41) is 4.92. The topological polar surface area (TPSA) is 58.6 Å². The van der Waals surface area contributed by atoms with Crippen LogP contribution >= 0.6 is 0 Å². The van der Waals surface area contributed by atoms with Gasteiger partial charge < -0.3 is 15.0 Å². The van der Waals surface area contributed by atoms with Gasteiger partial charge in [-0.25, -0.2) is 4.79 Å². The molecule has 5 nitrogen and oxygen atoms in total. The Morgan fingerprint density at radius 1 is 0.926 bits per heavy atom. The van der Waals surface area contributed by atoms with E-state index in [9.17, 15) is 9.59 Å².